The van der Waals surface area contributed by atoms with Gasteiger partial charge in [0.2, 0.25) is 0 Å². The smallest absolute Gasteiger partial charge is 0.0587 e. The van der Waals surface area contributed by atoms with Crippen LogP contribution in [0.1, 0.15) is 39.0 Å². The Labute approximate surface area is 123 Å². The summed E-state index contributed by atoms with van der Waals surface area (Å²) in [6.45, 7) is 3.41. The molecular formula is C15H21IN2. The van der Waals surface area contributed by atoms with Crippen molar-refractivity contribution in [1.82, 2.24) is 0 Å². The van der Waals surface area contributed by atoms with Crippen molar-refractivity contribution in [2.45, 2.75) is 44.6 Å². The predicted octanol–water partition coefficient (Wildman–Crippen LogP) is 4.47. The van der Waals surface area contributed by atoms with Gasteiger partial charge in [0.25, 0.3) is 0 Å². The van der Waals surface area contributed by atoms with Crippen LogP contribution in [0.15, 0.2) is 18.2 Å². The number of hydrogen-bond acceptors (Lipinski definition) is 2. The molecule has 2 N–H and O–H groups in total. The lowest BCUT2D eigenvalue weighted by molar-refractivity contribution is 0.255. The molecule has 1 aromatic rings. The average molecular weight is 356 g/mol. The van der Waals surface area contributed by atoms with E-state index in [1.165, 1.54) is 47.0 Å². The summed E-state index contributed by atoms with van der Waals surface area (Å²) in [6, 6.07) is 6.63. The summed E-state index contributed by atoms with van der Waals surface area (Å²) < 4.78 is 1.30. The molecule has 1 spiro atoms. The maximum Gasteiger partial charge on any atom is 0.0587 e. The molecule has 1 saturated carbocycles. The van der Waals surface area contributed by atoms with E-state index in [4.69, 9.17) is 0 Å². The van der Waals surface area contributed by atoms with Gasteiger partial charge in [-0.2, -0.15) is 0 Å². The topological polar surface area (TPSA) is 24.1 Å². The Bertz CT molecular complexity index is 436. The second-order valence-electron chi connectivity index (χ2n) is 5.80. The van der Waals surface area contributed by atoms with Gasteiger partial charge in [-0.1, -0.05) is 13.3 Å². The van der Waals surface area contributed by atoms with Gasteiger partial charge in [0.15, 0.2) is 0 Å². The Kier molecular flexibility index (Phi) is 3.43. The molecule has 98 valence electrons. The summed E-state index contributed by atoms with van der Waals surface area (Å²) in [5, 5.41) is 7.45. The number of rotatable bonds is 1. The first kappa shape index (κ1) is 12.6. The largest absolute Gasteiger partial charge is 0.381 e. The normalized spacial score (nSPS) is 30.4. The second kappa shape index (κ2) is 4.91. The number of anilines is 2. The molecule has 0 saturated heterocycles. The van der Waals surface area contributed by atoms with Crippen molar-refractivity contribution in [3.8, 4) is 0 Å². The van der Waals surface area contributed by atoms with Gasteiger partial charge in [0, 0.05) is 10.1 Å². The molecular weight excluding hydrogens is 335 g/mol. The van der Waals surface area contributed by atoms with Crippen molar-refractivity contribution in [2.75, 3.05) is 17.2 Å². The molecule has 2 nitrogen and oxygen atoms in total. The zero-order valence-corrected chi connectivity index (χ0v) is 13.1. The fourth-order valence-corrected chi connectivity index (χ4v) is 3.80. The van der Waals surface area contributed by atoms with Gasteiger partial charge in [0.1, 0.15) is 0 Å². The molecule has 0 bridgehead atoms. The summed E-state index contributed by atoms with van der Waals surface area (Å²) in [6.07, 6.45) is 6.72. The molecule has 0 unspecified atom stereocenters. The van der Waals surface area contributed by atoms with Crippen molar-refractivity contribution < 1.29 is 0 Å². The summed E-state index contributed by atoms with van der Waals surface area (Å²) in [5.41, 5.74) is 2.87. The number of nitrogens with one attached hydrogen (secondary N) is 2. The van der Waals surface area contributed by atoms with E-state index in [0.29, 0.717) is 5.54 Å². The highest BCUT2D eigenvalue weighted by atomic mass is 127. The van der Waals surface area contributed by atoms with Crippen LogP contribution < -0.4 is 10.6 Å². The molecule has 0 radical (unpaired) electrons. The van der Waals surface area contributed by atoms with Gasteiger partial charge in [-0.15, -0.1) is 0 Å². The first-order valence-electron chi connectivity index (χ1n) is 7.02. The lowest BCUT2D eigenvalue weighted by atomic mass is 9.74. The van der Waals surface area contributed by atoms with E-state index >= 15 is 0 Å². The van der Waals surface area contributed by atoms with Crippen molar-refractivity contribution in [3.63, 3.8) is 0 Å². The standard InChI is InChI=1S/C15H21IN2/c1-2-11-5-7-15(8-6-11)10-17-14-9-12(16)3-4-13(14)18-15/h3-4,9,11,17-18H,2,5-8,10H2,1H3. The van der Waals surface area contributed by atoms with E-state index in [1.807, 2.05) is 0 Å². The molecule has 2 aliphatic rings. The molecule has 0 atom stereocenters. The van der Waals surface area contributed by atoms with Gasteiger partial charge in [-0.3, -0.25) is 0 Å². The highest BCUT2D eigenvalue weighted by molar-refractivity contribution is 14.1. The minimum atomic E-state index is 0.311. The zero-order chi connectivity index (χ0) is 12.6. The lowest BCUT2D eigenvalue weighted by Crippen LogP contribution is -2.50. The van der Waals surface area contributed by atoms with Gasteiger partial charge in [0.05, 0.1) is 16.9 Å². The maximum absolute atomic E-state index is 3.82. The molecule has 1 heterocycles. The SMILES string of the molecule is CCC1CCC2(CC1)CNc1cc(I)ccc1N2. The number of hydrogen-bond donors (Lipinski definition) is 2. The second-order valence-corrected chi connectivity index (χ2v) is 7.05. The molecule has 0 aromatic heterocycles. The molecule has 1 aliphatic heterocycles. The van der Waals surface area contributed by atoms with E-state index in [1.54, 1.807) is 0 Å². The third kappa shape index (κ3) is 2.33. The summed E-state index contributed by atoms with van der Waals surface area (Å²) >= 11 is 2.37. The van der Waals surface area contributed by atoms with Crippen molar-refractivity contribution in [2.24, 2.45) is 5.92 Å². The number of benzene rings is 1. The zero-order valence-electron chi connectivity index (χ0n) is 10.9. The first-order valence-corrected chi connectivity index (χ1v) is 8.10. The highest BCUT2D eigenvalue weighted by Gasteiger charge is 2.37. The van der Waals surface area contributed by atoms with Crippen LogP contribution >= 0.6 is 22.6 Å². The first-order chi connectivity index (χ1) is 8.71. The van der Waals surface area contributed by atoms with E-state index in [0.717, 1.165) is 12.5 Å². The van der Waals surface area contributed by atoms with Crippen molar-refractivity contribution in [1.29, 1.82) is 0 Å². The van der Waals surface area contributed by atoms with Crippen LogP contribution in [0.5, 0.6) is 0 Å². The van der Waals surface area contributed by atoms with E-state index in [2.05, 4.69) is 58.3 Å². The minimum absolute atomic E-state index is 0.311. The van der Waals surface area contributed by atoms with Crippen LogP contribution in [0, 0.1) is 9.49 Å². The molecule has 1 aromatic carbocycles. The van der Waals surface area contributed by atoms with E-state index in [-0.39, 0.29) is 0 Å². The summed E-state index contributed by atoms with van der Waals surface area (Å²) in [7, 11) is 0. The number of fused-ring (bicyclic) bond motifs is 1. The Balaban J connectivity index is 1.76. The van der Waals surface area contributed by atoms with Crippen molar-refractivity contribution in [3.05, 3.63) is 21.8 Å². The molecule has 0 amide bonds. The molecule has 3 heteroatoms. The van der Waals surface area contributed by atoms with Crippen LogP contribution in [-0.4, -0.2) is 12.1 Å². The molecule has 3 rings (SSSR count). The fourth-order valence-electron chi connectivity index (χ4n) is 3.31. The monoisotopic (exact) mass is 356 g/mol. The minimum Gasteiger partial charge on any atom is -0.381 e. The van der Waals surface area contributed by atoms with Gasteiger partial charge in [-0.05, 0) is 72.4 Å². The van der Waals surface area contributed by atoms with Crippen molar-refractivity contribution >= 4 is 34.0 Å². The Hall–Kier alpha value is -0.450. The van der Waals surface area contributed by atoms with Gasteiger partial charge >= 0.3 is 0 Å². The Morgan fingerprint density at radius 2 is 2.06 bits per heavy atom. The van der Waals surface area contributed by atoms with Gasteiger partial charge in [-0.25, -0.2) is 0 Å². The Morgan fingerprint density at radius 1 is 1.28 bits per heavy atom. The fraction of sp³-hybridized carbons (Fsp3) is 0.600. The third-order valence-corrected chi connectivity index (χ3v) is 5.31. The van der Waals surface area contributed by atoms with E-state index in [9.17, 15) is 0 Å². The highest BCUT2D eigenvalue weighted by Crippen LogP contribution is 2.40. The van der Waals surface area contributed by atoms with Crippen LogP contribution in [0.3, 0.4) is 0 Å². The predicted molar refractivity (Wildman–Crippen MR) is 86.3 cm³/mol. The van der Waals surface area contributed by atoms with Crippen LogP contribution in [-0.2, 0) is 0 Å². The molecule has 18 heavy (non-hydrogen) atoms. The number of halogens is 1. The van der Waals surface area contributed by atoms with E-state index < -0.39 is 0 Å². The lowest BCUT2D eigenvalue weighted by Gasteiger charge is -2.45. The molecule has 1 aliphatic carbocycles. The van der Waals surface area contributed by atoms with Crippen LogP contribution in [0.4, 0.5) is 11.4 Å². The summed E-state index contributed by atoms with van der Waals surface area (Å²) in [4.78, 5) is 0. The maximum atomic E-state index is 3.82. The van der Waals surface area contributed by atoms with Gasteiger partial charge < -0.3 is 10.6 Å². The van der Waals surface area contributed by atoms with Crippen LogP contribution in [0.25, 0.3) is 0 Å². The third-order valence-electron chi connectivity index (χ3n) is 4.64. The average Bonchev–Trinajstić information content (AvgIpc) is 2.40. The quantitative estimate of drug-likeness (QED) is 0.726. The van der Waals surface area contributed by atoms with Crippen LogP contribution in [0.2, 0.25) is 0 Å². The Morgan fingerprint density at radius 3 is 2.78 bits per heavy atom. The molecule has 1 fully saturated rings. The summed E-state index contributed by atoms with van der Waals surface area (Å²) in [5.74, 6) is 0.954.